The smallest absolute Gasteiger partial charge is 0.251 e. The Morgan fingerprint density at radius 2 is 0.844 bits per heavy atom. The van der Waals surface area contributed by atoms with Gasteiger partial charge in [-0.3, -0.25) is 9.59 Å². The van der Waals surface area contributed by atoms with Crippen molar-refractivity contribution in [1.82, 2.24) is 10.6 Å². The lowest BCUT2D eigenvalue weighted by Gasteiger charge is -2.10. The third kappa shape index (κ3) is 4.93. The van der Waals surface area contributed by atoms with Crippen LogP contribution in [-0.4, -0.2) is 42.5 Å². The van der Waals surface area contributed by atoms with Gasteiger partial charge in [0.2, 0.25) is 0 Å². The molecule has 0 aromatic heterocycles. The molecule has 0 fully saturated rings. The Kier molecular flexibility index (Phi) is 6.24. The predicted molar refractivity (Wildman–Crippen MR) is 112 cm³/mol. The van der Waals surface area contributed by atoms with Crippen LogP contribution in [-0.2, 0) is 13.1 Å². The molecule has 10 nitrogen and oxygen atoms in total. The van der Waals surface area contributed by atoms with Gasteiger partial charge in [-0.1, -0.05) is 24.3 Å². The molecule has 0 unspecified atom stereocenters. The zero-order chi connectivity index (χ0) is 23.4. The Morgan fingerprint density at radius 1 is 0.562 bits per heavy atom. The van der Waals surface area contributed by atoms with Crippen molar-refractivity contribution >= 4 is 11.8 Å². The van der Waals surface area contributed by atoms with Crippen LogP contribution in [0.1, 0.15) is 31.8 Å². The first-order valence-electron chi connectivity index (χ1n) is 9.29. The number of nitrogens with one attached hydrogen (secondary N) is 2. The summed E-state index contributed by atoms with van der Waals surface area (Å²) in [7, 11) is 0. The zero-order valence-electron chi connectivity index (χ0n) is 16.5. The van der Waals surface area contributed by atoms with E-state index in [1.165, 1.54) is 0 Å². The van der Waals surface area contributed by atoms with Gasteiger partial charge in [-0.05, 0) is 35.4 Å². The molecule has 8 N–H and O–H groups in total. The lowest BCUT2D eigenvalue weighted by molar-refractivity contribution is 0.0942. The predicted octanol–water partition coefficient (Wildman–Crippen LogP) is 1.78. The number of hydrogen-bond acceptors (Lipinski definition) is 8. The van der Waals surface area contributed by atoms with Crippen molar-refractivity contribution in [2.45, 2.75) is 13.1 Å². The van der Waals surface area contributed by atoms with E-state index in [0.717, 1.165) is 35.4 Å². The lowest BCUT2D eigenvalue weighted by atomic mass is 10.1. The van der Waals surface area contributed by atoms with Gasteiger partial charge in [0.15, 0.2) is 34.5 Å². The van der Waals surface area contributed by atoms with Gasteiger partial charge in [0, 0.05) is 24.2 Å². The van der Waals surface area contributed by atoms with Crippen molar-refractivity contribution in [3.05, 3.63) is 70.8 Å². The summed E-state index contributed by atoms with van der Waals surface area (Å²) in [6, 6.07) is 11.0. The van der Waals surface area contributed by atoms with Crippen LogP contribution in [0.5, 0.6) is 34.5 Å². The maximum Gasteiger partial charge on any atom is 0.251 e. The van der Waals surface area contributed by atoms with E-state index in [4.69, 9.17) is 0 Å². The fraction of sp³-hybridized carbons (Fsp3) is 0.0909. The largest absolute Gasteiger partial charge is 0.504 e. The van der Waals surface area contributed by atoms with Crippen molar-refractivity contribution < 1.29 is 40.2 Å². The molecule has 3 aromatic rings. The third-order valence-corrected chi connectivity index (χ3v) is 4.59. The number of carbonyl (C=O) groups is 2. The summed E-state index contributed by atoms with van der Waals surface area (Å²) >= 11 is 0. The number of amides is 2. The van der Waals surface area contributed by atoms with Crippen molar-refractivity contribution in [3.8, 4) is 34.5 Å². The van der Waals surface area contributed by atoms with E-state index in [2.05, 4.69) is 10.6 Å². The SMILES string of the molecule is O=C(NCc1ccc(CNC(=O)c2cc(O)c(O)c(O)c2)cc1)c1cc(O)c(O)c(O)c1. The van der Waals surface area contributed by atoms with Crippen LogP contribution in [0.3, 0.4) is 0 Å². The Bertz CT molecular complexity index is 1040. The topological polar surface area (TPSA) is 180 Å². The number of phenolic OH excluding ortho intramolecular Hbond substituents is 6. The molecule has 2 amide bonds. The van der Waals surface area contributed by atoms with Crippen molar-refractivity contribution in [2.24, 2.45) is 0 Å². The Morgan fingerprint density at radius 3 is 1.12 bits per heavy atom. The molecule has 0 spiro atoms. The van der Waals surface area contributed by atoms with Gasteiger partial charge in [0.1, 0.15) is 0 Å². The van der Waals surface area contributed by atoms with Gasteiger partial charge in [0.25, 0.3) is 11.8 Å². The van der Waals surface area contributed by atoms with Crippen LogP contribution in [0, 0.1) is 0 Å². The standard InChI is InChI=1S/C22H20N2O8/c25-15-5-13(6-16(26)19(15)29)21(31)23-9-11-1-2-12(4-3-11)10-24-22(32)14-7-17(27)20(30)18(28)8-14/h1-8,25-30H,9-10H2,(H,23,31)(H,24,32). The van der Waals surface area contributed by atoms with Gasteiger partial charge in [-0.25, -0.2) is 0 Å². The minimum absolute atomic E-state index is 0.0246. The minimum atomic E-state index is -0.705. The van der Waals surface area contributed by atoms with Gasteiger partial charge >= 0.3 is 0 Å². The van der Waals surface area contributed by atoms with Crippen molar-refractivity contribution in [3.63, 3.8) is 0 Å². The van der Waals surface area contributed by atoms with Gasteiger partial charge < -0.3 is 41.3 Å². The first-order valence-corrected chi connectivity index (χ1v) is 9.29. The van der Waals surface area contributed by atoms with Crippen LogP contribution < -0.4 is 10.6 Å². The van der Waals surface area contributed by atoms with Crippen LogP contribution in [0.25, 0.3) is 0 Å². The number of rotatable bonds is 6. The van der Waals surface area contributed by atoms with Gasteiger partial charge in [-0.2, -0.15) is 0 Å². The molecule has 3 aromatic carbocycles. The summed E-state index contributed by atoms with van der Waals surface area (Å²) in [5.74, 6) is -4.98. The number of phenols is 6. The van der Waals surface area contributed by atoms with Crippen LogP contribution >= 0.6 is 0 Å². The molecule has 0 aliphatic carbocycles. The van der Waals surface area contributed by atoms with Crippen molar-refractivity contribution in [1.29, 1.82) is 0 Å². The van der Waals surface area contributed by atoms with Crippen molar-refractivity contribution in [2.75, 3.05) is 0 Å². The van der Waals surface area contributed by atoms with E-state index >= 15 is 0 Å². The second kappa shape index (κ2) is 9.04. The Hall–Kier alpha value is -4.60. The summed E-state index contributed by atoms with van der Waals surface area (Å²) in [6.45, 7) is 0.305. The molecule has 3 rings (SSSR count). The minimum Gasteiger partial charge on any atom is -0.504 e. The lowest BCUT2D eigenvalue weighted by Crippen LogP contribution is -2.23. The Balaban J connectivity index is 1.55. The molecule has 0 aliphatic heterocycles. The normalized spacial score (nSPS) is 10.5. The third-order valence-electron chi connectivity index (χ3n) is 4.59. The van der Waals surface area contributed by atoms with E-state index in [-0.39, 0.29) is 24.2 Å². The molecule has 0 saturated carbocycles. The first-order chi connectivity index (χ1) is 15.2. The second-order valence-corrected chi connectivity index (χ2v) is 6.91. The highest BCUT2D eigenvalue weighted by atomic mass is 16.3. The van der Waals surface area contributed by atoms with E-state index in [1.807, 2.05) is 0 Å². The summed E-state index contributed by atoms with van der Waals surface area (Å²) in [5.41, 5.74) is 1.44. The molecule has 32 heavy (non-hydrogen) atoms. The highest BCUT2D eigenvalue weighted by Crippen LogP contribution is 2.36. The fourth-order valence-electron chi connectivity index (χ4n) is 2.81. The van der Waals surface area contributed by atoms with Gasteiger partial charge in [-0.15, -0.1) is 0 Å². The number of hydrogen-bond donors (Lipinski definition) is 8. The maximum absolute atomic E-state index is 12.2. The van der Waals surface area contributed by atoms with E-state index in [0.29, 0.717) is 0 Å². The van der Waals surface area contributed by atoms with Crippen LogP contribution in [0.15, 0.2) is 48.5 Å². The summed E-state index contributed by atoms with van der Waals surface area (Å²) in [6.07, 6.45) is 0. The zero-order valence-corrected chi connectivity index (χ0v) is 16.5. The van der Waals surface area contributed by atoms with Gasteiger partial charge in [0.05, 0.1) is 0 Å². The average molecular weight is 440 g/mol. The molecule has 0 bridgehead atoms. The second-order valence-electron chi connectivity index (χ2n) is 6.91. The van der Waals surface area contributed by atoms with Crippen LogP contribution in [0.4, 0.5) is 0 Å². The summed E-state index contributed by atoms with van der Waals surface area (Å²) < 4.78 is 0. The van der Waals surface area contributed by atoms with E-state index in [1.54, 1.807) is 24.3 Å². The number of benzene rings is 3. The average Bonchev–Trinajstić information content (AvgIpc) is 2.77. The molecule has 0 aliphatic rings. The highest BCUT2D eigenvalue weighted by Gasteiger charge is 2.14. The van der Waals surface area contributed by atoms with Crippen LogP contribution in [0.2, 0.25) is 0 Å². The summed E-state index contributed by atoms with van der Waals surface area (Å²) in [5, 5.41) is 61.9. The molecule has 0 heterocycles. The maximum atomic E-state index is 12.2. The monoisotopic (exact) mass is 440 g/mol. The van der Waals surface area contributed by atoms with E-state index < -0.39 is 46.3 Å². The Labute approximate surface area is 181 Å². The molecular formula is C22H20N2O8. The molecule has 166 valence electrons. The fourth-order valence-corrected chi connectivity index (χ4v) is 2.81. The van der Waals surface area contributed by atoms with E-state index in [9.17, 15) is 40.2 Å². The molecule has 10 heteroatoms. The highest BCUT2D eigenvalue weighted by molar-refractivity contribution is 5.96. The number of carbonyl (C=O) groups excluding carboxylic acids is 2. The summed E-state index contributed by atoms with van der Waals surface area (Å²) in [4.78, 5) is 24.3. The number of aromatic hydroxyl groups is 6. The molecule has 0 radical (unpaired) electrons. The first kappa shape index (κ1) is 22.1. The molecular weight excluding hydrogens is 420 g/mol. The molecule has 0 saturated heterocycles. The quantitative estimate of drug-likeness (QED) is 0.267. The molecule has 0 atom stereocenters.